The van der Waals surface area contributed by atoms with Crippen LogP contribution in [0.1, 0.15) is 0 Å². The fourth-order valence-corrected chi connectivity index (χ4v) is 3.64. The first kappa shape index (κ1) is 29.1. The summed E-state index contributed by atoms with van der Waals surface area (Å²) in [5, 5.41) is 0. The quantitative estimate of drug-likeness (QED) is 0.191. The number of hydrogen-bond donors (Lipinski definition) is 0. The standard InChI is InChI=1S/4C8H6N2.Zr/c4*1-2-4-8-7(3-1)9-5-6-10-8;/h4*1-6H;. The zero-order chi connectivity index (χ0) is 27.2. The maximum Gasteiger partial charge on any atom is 0.0886 e. The van der Waals surface area contributed by atoms with Crippen LogP contribution in [0.4, 0.5) is 0 Å². The number of hydrogen-bond acceptors (Lipinski definition) is 8. The number of aromatic nitrogens is 8. The Bertz CT molecular complexity index is 1400. The summed E-state index contributed by atoms with van der Waals surface area (Å²) in [6.45, 7) is 0. The third-order valence-electron chi connectivity index (χ3n) is 5.50. The minimum absolute atomic E-state index is 0. The predicted molar refractivity (Wildman–Crippen MR) is 158 cm³/mol. The van der Waals surface area contributed by atoms with Gasteiger partial charge in [-0.05, 0) is 48.5 Å². The Hall–Kier alpha value is -4.88. The molecule has 4 aromatic heterocycles. The molecule has 0 fully saturated rings. The fourth-order valence-electron chi connectivity index (χ4n) is 3.64. The molecular formula is C32H24N8Zr. The van der Waals surface area contributed by atoms with Crippen LogP contribution in [-0.2, 0) is 26.2 Å². The van der Waals surface area contributed by atoms with Crippen LogP contribution in [0, 0.1) is 0 Å². The average Bonchev–Trinajstić information content (AvgIpc) is 3.06. The van der Waals surface area contributed by atoms with Crippen LogP contribution in [0.15, 0.2) is 147 Å². The van der Waals surface area contributed by atoms with E-state index in [-0.39, 0.29) is 26.2 Å². The van der Waals surface area contributed by atoms with Crippen molar-refractivity contribution in [2.24, 2.45) is 0 Å². The first-order valence-corrected chi connectivity index (χ1v) is 12.5. The van der Waals surface area contributed by atoms with Crippen molar-refractivity contribution in [3.63, 3.8) is 0 Å². The Balaban J connectivity index is 0.000000125. The molecule has 0 amide bonds. The van der Waals surface area contributed by atoms with E-state index >= 15 is 0 Å². The minimum atomic E-state index is 0. The van der Waals surface area contributed by atoms with Gasteiger partial charge in [-0.2, -0.15) is 0 Å². The van der Waals surface area contributed by atoms with Crippen molar-refractivity contribution < 1.29 is 26.2 Å². The van der Waals surface area contributed by atoms with Gasteiger partial charge in [-0.1, -0.05) is 48.5 Å². The predicted octanol–water partition coefficient (Wildman–Crippen LogP) is 6.52. The molecule has 4 heterocycles. The first-order valence-electron chi connectivity index (χ1n) is 12.5. The van der Waals surface area contributed by atoms with E-state index in [4.69, 9.17) is 0 Å². The minimum Gasteiger partial charge on any atom is -0.253 e. The van der Waals surface area contributed by atoms with Crippen molar-refractivity contribution in [2.75, 3.05) is 0 Å². The van der Waals surface area contributed by atoms with E-state index in [0.717, 1.165) is 44.1 Å². The molecule has 4 aromatic carbocycles. The summed E-state index contributed by atoms with van der Waals surface area (Å²) in [5.74, 6) is 0. The van der Waals surface area contributed by atoms with Gasteiger partial charge >= 0.3 is 0 Å². The van der Waals surface area contributed by atoms with Crippen molar-refractivity contribution in [1.82, 2.24) is 39.9 Å². The zero-order valence-corrected chi connectivity index (χ0v) is 24.4. The molecule has 0 aliphatic carbocycles. The number of nitrogens with zero attached hydrogens (tertiary/aromatic N) is 8. The number of para-hydroxylation sites is 8. The molecule has 0 bridgehead atoms. The van der Waals surface area contributed by atoms with Crippen LogP contribution in [0.25, 0.3) is 44.1 Å². The summed E-state index contributed by atoms with van der Waals surface area (Å²) >= 11 is 0. The van der Waals surface area contributed by atoms with Gasteiger partial charge in [0.05, 0.1) is 44.1 Å². The van der Waals surface area contributed by atoms with E-state index in [2.05, 4.69) is 39.9 Å². The van der Waals surface area contributed by atoms with Crippen molar-refractivity contribution >= 4 is 44.1 Å². The van der Waals surface area contributed by atoms with E-state index in [1.165, 1.54) is 0 Å². The summed E-state index contributed by atoms with van der Waals surface area (Å²) < 4.78 is 0. The summed E-state index contributed by atoms with van der Waals surface area (Å²) in [6, 6.07) is 31.2. The van der Waals surface area contributed by atoms with Crippen molar-refractivity contribution in [2.45, 2.75) is 0 Å². The Kier molecular flexibility index (Phi) is 11.1. The smallest absolute Gasteiger partial charge is 0.0886 e. The Labute approximate surface area is 255 Å². The molecular weight excluding hydrogens is 588 g/mol. The molecule has 0 N–H and O–H groups in total. The molecule has 41 heavy (non-hydrogen) atoms. The Morgan fingerprint density at radius 3 is 0.463 bits per heavy atom. The summed E-state index contributed by atoms with van der Waals surface area (Å²) in [7, 11) is 0. The van der Waals surface area contributed by atoms with Crippen LogP contribution in [0.2, 0.25) is 0 Å². The summed E-state index contributed by atoms with van der Waals surface area (Å²) in [4.78, 5) is 32.9. The van der Waals surface area contributed by atoms with E-state index in [1.807, 2.05) is 97.1 Å². The first-order chi connectivity index (χ1) is 19.9. The number of rotatable bonds is 0. The maximum atomic E-state index is 4.12. The molecule has 8 rings (SSSR count). The molecule has 0 saturated heterocycles. The molecule has 196 valence electrons. The Morgan fingerprint density at radius 1 is 0.220 bits per heavy atom. The normalized spacial score (nSPS) is 9.76. The van der Waals surface area contributed by atoms with Gasteiger partial charge in [-0.15, -0.1) is 0 Å². The van der Waals surface area contributed by atoms with Crippen molar-refractivity contribution in [3.05, 3.63) is 147 Å². The van der Waals surface area contributed by atoms with Gasteiger partial charge in [0.25, 0.3) is 0 Å². The van der Waals surface area contributed by atoms with Crippen LogP contribution < -0.4 is 0 Å². The molecule has 0 aliphatic rings. The fraction of sp³-hybridized carbons (Fsp3) is 0. The van der Waals surface area contributed by atoms with Gasteiger partial charge < -0.3 is 0 Å². The van der Waals surface area contributed by atoms with Crippen LogP contribution in [0.5, 0.6) is 0 Å². The Morgan fingerprint density at radius 2 is 0.341 bits per heavy atom. The SMILES string of the molecule is [Zr].c1ccc2nccnc2c1.c1ccc2nccnc2c1.c1ccc2nccnc2c1.c1ccc2nccnc2c1. The van der Waals surface area contributed by atoms with E-state index in [9.17, 15) is 0 Å². The topological polar surface area (TPSA) is 103 Å². The molecule has 0 unspecified atom stereocenters. The van der Waals surface area contributed by atoms with E-state index in [1.54, 1.807) is 49.6 Å². The van der Waals surface area contributed by atoms with Gasteiger partial charge in [0.1, 0.15) is 0 Å². The molecule has 8 nitrogen and oxygen atoms in total. The van der Waals surface area contributed by atoms with Gasteiger partial charge in [-0.25, -0.2) is 0 Å². The largest absolute Gasteiger partial charge is 0.253 e. The third-order valence-corrected chi connectivity index (χ3v) is 5.50. The zero-order valence-electron chi connectivity index (χ0n) is 21.9. The molecule has 0 saturated carbocycles. The van der Waals surface area contributed by atoms with E-state index < -0.39 is 0 Å². The average molecular weight is 612 g/mol. The summed E-state index contributed by atoms with van der Waals surface area (Å²) in [5.41, 5.74) is 7.59. The van der Waals surface area contributed by atoms with Crippen molar-refractivity contribution in [3.8, 4) is 0 Å². The van der Waals surface area contributed by atoms with Gasteiger partial charge in [0.2, 0.25) is 0 Å². The molecule has 0 spiro atoms. The maximum absolute atomic E-state index is 4.12. The molecule has 9 heteroatoms. The second-order valence-corrected chi connectivity index (χ2v) is 8.18. The second-order valence-electron chi connectivity index (χ2n) is 8.18. The van der Waals surface area contributed by atoms with Crippen LogP contribution in [-0.4, -0.2) is 39.9 Å². The van der Waals surface area contributed by atoms with Crippen LogP contribution in [0.3, 0.4) is 0 Å². The van der Waals surface area contributed by atoms with Gasteiger partial charge in [0, 0.05) is 75.8 Å². The van der Waals surface area contributed by atoms with E-state index in [0.29, 0.717) is 0 Å². The summed E-state index contributed by atoms with van der Waals surface area (Å²) in [6.07, 6.45) is 13.6. The van der Waals surface area contributed by atoms with Crippen LogP contribution >= 0.6 is 0 Å². The van der Waals surface area contributed by atoms with Crippen molar-refractivity contribution in [1.29, 1.82) is 0 Å². The number of benzene rings is 4. The van der Waals surface area contributed by atoms with Gasteiger partial charge in [0.15, 0.2) is 0 Å². The number of fused-ring (bicyclic) bond motifs is 4. The van der Waals surface area contributed by atoms with Gasteiger partial charge in [-0.3, -0.25) is 39.9 Å². The second kappa shape index (κ2) is 15.6. The molecule has 0 radical (unpaired) electrons. The molecule has 0 atom stereocenters. The third kappa shape index (κ3) is 8.55. The molecule has 0 aliphatic heterocycles. The monoisotopic (exact) mass is 610 g/mol. The molecule has 8 aromatic rings.